The van der Waals surface area contributed by atoms with E-state index in [-0.39, 0.29) is 5.38 Å². The Labute approximate surface area is 119 Å². The summed E-state index contributed by atoms with van der Waals surface area (Å²) in [6.07, 6.45) is 0. The Balaban J connectivity index is 2.32. The van der Waals surface area contributed by atoms with Gasteiger partial charge in [0, 0.05) is 14.2 Å². The molecule has 0 saturated carbocycles. The Morgan fingerprint density at radius 2 is 2.12 bits per heavy atom. The lowest BCUT2D eigenvalue weighted by Crippen LogP contribution is -1.91. The summed E-state index contributed by atoms with van der Waals surface area (Å²) in [7, 11) is 1.66. The van der Waals surface area contributed by atoms with Crippen LogP contribution in [0.4, 0.5) is 0 Å². The van der Waals surface area contributed by atoms with Gasteiger partial charge in [0.1, 0.15) is 5.75 Å². The van der Waals surface area contributed by atoms with Crippen LogP contribution in [0.2, 0.25) is 0 Å². The molecule has 0 bridgehead atoms. The van der Waals surface area contributed by atoms with Crippen molar-refractivity contribution in [1.82, 2.24) is 0 Å². The first-order valence-corrected chi connectivity index (χ1v) is 7.20. The molecule has 17 heavy (non-hydrogen) atoms. The van der Waals surface area contributed by atoms with Gasteiger partial charge in [0.25, 0.3) is 0 Å². The number of methoxy groups -OCH3 is 1. The molecular formula is C13H12BrClOS. The molecule has 0 spiro atoms. The lowest BCUT2D eigenvalue weighted by atomic mass is 10.1. The van der Waals surface area contributed by atoms with Crippen LogP contribution in [0.15, 0.2) is 34.8 Å². The first-order chi connectivity index (χ1) is 8.11. The number of thiophene rings is 1. The minimum atomic E-state index is -0.125. The fourth-order valence-electron chi connectivity index (χ4n) is 1.57. The molecule has 2 rings (SSSR count). The largest absolute Gasteiger partial charge is 0.497 e. The topological polar surface area (TPSA) is 9.23 Å². The van der Waals surface area contributed by atoms with Gasteiger partial charge in [0.05, 0.1) is 12.5 Å². The van der Waals surface area contributed by atoms with E-state index in [1.807, 2.05) is 24.3 Å². The van der Waals surface area contributed by atoms with E-state index in [1.54, 1.807) is 18.4 Å². The Morgan fingerprint density at radius 1 is 1.35 bits per heavy atom. The molecule has 90 valence electrons. The van der Waals surface area contributed by atoms with E-state index in [4.69, 9.17) is 16.3 Å². The van der Waals surface area contributed by atoms with E-state index >= 15 is 0 Å². The first kappa shape index (κ1) is 12.9. The Hall–Kier alpha value is -0.510. The minimum Gasteiger partial charge on any atom is -0.497 e. The van der Waals surface area contributed by atoms with E-state index in [0.29, 0.717) is 0 Å². The summed E-state index contributed by atoms with van der Waals surface area (Å²) < 4.78 is 6.32. The molecule has 1 atom stereocenters. The van der Waals surface area contributed by atoms with Crippen LogP contribution in [-0.4, -0.2) is 7.11 Å². The third kappa shape index (κ3) is 2.84. The predicted molar refractivity (Wildman–Crippen MR) is 77.4 cm³/mol. The van der Waals surface area contributed by atoms with Crippen LogP contribution >= 0.6 is 38.9 Å². The van der Waals surface area contributed by atoms with Gasteiger partial charge in [0.15, 0.2) is 0 Å². The van der Waals surface area contributed by atoms with E-state index < -0.39 is 0 Å². The summed E-state index contributed by atoms with van der Waals surface area (Å²) in [5, 5.41) is -0.125. The van der Waals surface area contributed by atoms with Crippen molar-refractivity contribution in [2.24, 2.45) is 0 Å². The van der Waals surface area contributed by atoms with Gasteiger partial charge >= 0.3 is 0 Å². The van der Waals surface area contributed by atoms with Crippen LogP contribution < -0.4 is 4.74 Å². The SMILES string of the molecule is COc1cccc(C(Cl)c2cc(Br)c(C)s2)c1. The van der Waals surface area contributed by atoms with Gasteiger partial charge in [-0.2, -0.15) is 0 Å². The standard InChI is InChI=1S/C13H12BrClOS/c1-8-11(14)7-12(17-8)13(15)9-4-3-5-10(6-9)16-2/h3-7,13H,1-2H3. The van der Waals surface area contributed by atoms with Gasteiger partial charge in [-0.15, -0.1) is 22.9 Å². The number of ether oxygens (including phenoxy) is 1. The van der Waals surface area contributed by atoms with Crippen molar-refractivity contribution in [2.75, 3.05) is 7.11 Å². The number of halogens is 2. The van der Waals surface area contributed by atoms with Crippen molar-refractivity contribution >= 4 is 38.9 Å². The van der Waals surface area contributed by atoms with E-state index in [0.717, 1.165) is 20.7 Å². The zero-order valence-electron chi connectivity index (χ0n) is 9.54. The van der Waals surface area contributed by atoms with Gasteiger partial charge in [-0.05, 0) is 46.6 Å². The van der Waals surface area contributed by atoms with Crippen molar-refractivity contribution in [3.05, 3.63) is 50.1 Å². The molecular weight excluding hydrogens is 320 g/mol. The van der Waals surface area contributed by atoms with Gasteiger partial charge < -0.3 is 4.74 Å². The number of aryl methyl sites for hydroxylation is 1. The molecule has 0 aliphatic carbocycles. The van der Waals surface area contributed by atoms with Crippen molar-refractivity contribution in [3.63, 3.8) is 0 Å². The van der Waals surface area contributed by atoms with E-state index in [9.17, 15) is 0 Å². The maximum atomic E-state index is 6.48. The third-order valence-electron chi connectivity index (χ3n) is 2.51. The van der Waals surface area contributed by atoms with Crippen molar-refractivity contribution in [3.8, 4) is 5.75 Å². The highest BCUT2D eigenvalue weighted by Crippen LogP contribution is 2.38. The summed E-state index contributed by atoms with van der Waals surface area (Å²) in [6, 6.07) is 9.95. The smallest absolute Gasteiger partial charge is 0.119 e. The van der Waals surface area contributed by atoms with Crippen molar-refractivity contribution in [1.29, 1.82) is 0 Å². The minimum absolute atomic E-state index is 0.125. The molecule has 0 N–H and O–H groups in total. The van der Waals surface area contributed by atoms with Gasteiger partial charge in [-0.1, -0.05) is 12.1 Å². The lowest BCUT2D eigenvalue weighted by molar-refractivity contribution is 0.414. The quantitative estimate of drug-likeness (QED) is 0.706. The maximum Gasteiger partial charge on any atom is 0.119 e. The fraction of sp³-hybridized carbons (Fsp3) is 0.231. The zero-order valence-corrected chi connectivity index (χ0v) is 12.7. The first-order valence-electron chi connectivity index (χ1n) is 5.15. The average molecular weight is 332 g/mol. The van der Waals surface area contributed by atoms with Gasteiger partial charge in [-0.3, -0.25) is 0 Å². The molecule has 1 aromatic carbocycles. The van der Waals surface area contributed by atoms with Crippen LogP contribution in [0, 0.1) is 6.92 Å². The number of hydrogen-bond acceptors (Lipinski definition) is 2. The third-order valence-corrected chi connectivity index (χ3v) is 5.33. The second-order valence-corrected chi connectivity index (χ2v) is 6.27. The summed E-state index contributed by atoms with van der Waals surface area (Å²) in [5.74, 6) is 0.834. The van der Waals surface area contributed by atoms with Crippen LogP contribution in [0.25, 0.3) is 0 Å². The van der Waals surface area contributed by atoms with Crippen molar-refractivity contribution < 1.29 is 4.74 Å². The normalized spacial score (nSPS) is 12.5. The average Bonchev–Trinajstić information content (AvgIpc) is 2.69. The second kappa shape index (κ2) is 5.42. The number of hydrogen-bond donors (Lipinski definition) is 0. The highest BCUT2D eigenvalue weighted by atomic mass is 79.9. The van der Waals surface area contributed by atoms with Gasteiger partial charge in [0.2, 0.25) is 0 Å². The Kier molecular flexibility index (Phi) is 4.13. The molecule has 0 radical (unpaired) electrons. The number of alkyl halides is 1. The molecule has 0 amide bonds. The number of benzene rings is 1. The fourth-order valence-corrected chi connectivity index (χ4v) is 3.47. The molecule has 2 aromatic rings. The summed E-state index contributed by atoms with van der Waals surface area (Å²) in [4.78, 5) is 2.39. The molecule has 0 aliphatic rings. The highest BCUT2D eigenvalue weighted by Gasteiger charge is 2.15. The Morgan fingerprint density at radius 3 is 2.71 bits per heavy atom. The van der Waals surface area contributed by atoms with Crippen LogP contribution in [0.3, 0.4) is 0 Å². The maximum absolute atomic E-state index is 6.48. The number of rotatable bonds is 3. The molecule has 0 fully saturated rings. The lowest BCUT2D eigenvalue weighted by Gasteiger charge is -2.09. The zero-order chi connectivity index (χ0) is 12.4. The van der Waals surface area contributed by atoms with Crippen molar-refractivity contribution in [2.45, 2.75) is 12.3 Å². The second-order valence-electron chi connectivity index (χ2n) is 3.69. The molecule has 1 unspecified atom stereocenters. The predicted octanol–water partition coefficient (Wildman–Crippen LogP) is 5.16. The molecule has 1 heterocycles. The summed E-state index contributed by atoms with van der Waals surface area (Å²) >= 11 is 11.7. The van der Waals surface area contributed by atoms with E-state index in [2.05, 4.69) is 28.9 Å². The molecule has 1 aromatic heterocycles. The molecule has 1 nitrogen and oxygen atoms in total. The van der Waals surface area contributed by atoms with Crippen LogP contribution in [0.5, 0.6) is 5.75 Å². The molecule has 0 aliphatic heterocycles. The molecule has 0 saturated heterocycles. The summed E-state index contributed by atoms with van der Waals surface area (Å²) in [6.45, 7) is 2.08. The van der Waals surface area contributed by atoms with Gasteiger partial charge in [-0.25, -0.2) is 0 Å². The molecule has 4 heteroatoms. The summed E-state index contributed by atoms with van der Waals surface area (Å²) in [5.41, 5.74) is 1.06. The highest BCUT2D eigenvalue weighted by molar-refractivity contribution is 9.10. The van der Waals surface area contributed by atoms with Crippen LogP contribution in [-0.2, 0) is 0 Å². The Bertz CT molecular complexity index is 504. The monoisotopic (exact) mass is 330 g/mol. The van der Waals surface area contributed by atoms with E-state index in [1.165, 1.54) is 4.88 Å². The van der Waals surface area contributed by atoms with Crippen LogP contribution in [0.1, 0.15) is 20.7 Å².